The predicted molar refractivity (Wildman–Crippen MR) is 234 cm³/mol. The third-order valence-corrected chi connectivity index (χ3v) is 9.55. The number of rotatable bonds is 45. The van der Waals surface area contributed by atoms with Gasteiger partial charge in [-0.25, -0.2) is 0 Å². The standard InChI is InChI=1S/C47H75NO14/c1-2-3-4-5-6-7-8-11-42-14-16-43(17-15-42)62-41-40-61-39-38-60-37-36-59-35-34-58-33-32-57-31-30-56-29-28-55-27-26-54-25-24-53-23-22-52-21-20-51-19-18-48-46(49)44-12-9-10-13-45(44)47(48)50/h9-10,12-17H,2-8,11,18-41H2,1H3. The highest BCUT2D eigenvalue weighted by Crippen LogP contribution is 2.22. The van der Waals surface area contributed by atoms with Crippen molar-refractivity contribution in [3.8, 4) is 5.75 Å². The van der Waals surface area contributed by atoms with E-state index in [4.69, 9.17) is 56.8 Å². The van der Waals surface area contributed by atoms with Crippen LogP contribution in [0.5, 0.6) is 5.75 Å². The molecule has 2 aromatic carbocycles. The van der Waals surface area contributed by atoms with Gasteiger partial charge in [0.15, 0.2) is 0 Å². The molecule has 1 aliphatic rings. The van der Waals surface area contributed by atoms with E-state index in [1.807, 2.05) is 0 Å². The molecule has 0 aromatic heterocycles. The van der Waals surface area contributed by atoms with E-state index in [9.17, 15) is 9.59 Å². The lowest BCUT2D eigenvalue weighted by atomic mass is 10.0. The van der Waals surface area contributed by atoms with Gasteiger partial charge in [-0.05, 0) is 42.7 Å². The van der Waals surface area contributed by atoms with Crippen molar-refractivity contribution >= 4 is 11.8 Å². The van der Waals surface area contributed by atoms with Crippen LogP contribution in [-0.2, 0) is 58.5 Å². The number of hydrogen-bond donors (Lipinski definition) is 0. The van der Waals surface area contributed by atoms with Crippen molar-refractivity contribution in [1.82, 2.24) is 4.90 Å². The molecule has 0 bridgehead atoms. The van der Waals surface area contributed by atoms with Crippen molar-refractivity contribution < 1.29 is 66.4 Å². The van der Waals surface area contributed by atoms with Gasteiger partial charge in [-0.2, -0.15) is 0 Å². The number of aryl methyl sites for hydroxylation is 1. The first-order chi connectivity index (χ1) is 30.7. The fourth-order valence-corrected chi connectivity index (χ4v) is 6.16. The highest BCUT2D eigenvalue weighted by atomic mass is 16.6. The fraction of sp³-hybridized carbons (Fsp3) is 0.702. The highest BCUT2D eigenvalue weighted by Gasteiger charge is 2.34. The van der Waals surface area contributed by atoms with Crippen LogP contribution in [0.2, 0.25) is 0 Å². The highest BCUT2D eigenvalue weighted by molar-refractivity contribution is 6.21. The van der Waals surface area contributed by atoms with Gasteiger partial charge in [0.1, 0.15) is 12.4 Å². The van der Waals surface area contributed by atoms with E-state index in [-0.39, 0.29) is 25.0 Å². The monoisotopic (exact) mass is 878 g/mol. The van der Waals surface area contributed by atoms with Gasteiger partial charge in [0.25, 0.3) is 11.8 Å². The van der Waals surface area contributed by atoms with Crippen LogP contribution in [0.3, 0.4) is 0 Å². The van der Waals surface area contributed by atoms with Gasteiger partial charge >= 0.3 is 0 Å². The Hall–Kier alpha value is -3.06. The summed E-state index contributed by atoms with van der Waals surface area (Å²) in [6.07, 6.45) is 10.5. The minimum Gasteiger partial charge on any atom is -0.491 e. The minimum atomic E-state index is -0.278. The molecule has 0 fully saturated rings. The first-order valence-corrected chi connectivity index (χ1v) is 22.7. The van der Waals surface area contributed by atoms with E-state index in [0.717, 1.165) is 12.2 Å². The average Bonchev–Trinajstić information content (AvgIpc) is 3.53. The summed E-state index contributed by atoms with van der Waals surface area (Å²) in [6, 6.07) is 15.3. The second-order valence-electron chi connectivity index (χ2n) is 14.4. The molecule has 15 heteroatoms. The molecule has 62 heavy (non-hydrogen) atoms. The number of hydrogen-bond acceptors (Lipinski definition) is 14. The Bertz CT molecular complexity index is 1330. The van der Waals surface area contributed by atoms with Crippen molar-refractivity contribution in [2.75, 3.05) is 159 Å². The number of carbonyl (C=O) groups excluding carboxylic acids is 2. The lowest BCUT2D eigenvalue weighted by Crippen LogP contribution is -2.33. The number of nitrogens with zero attached hydrogens (tertiary/aromatic N) is 1. The number of imide groups is 1. The zero-order valence-electron chi connectivity index (χ0n) is 37.4. The van der Waals surface area contributed by atoms with Crippen molar-refractivity contribution in [2.24, 2.45) is 0 Å². The molecule has 1 aliphatic heterocycles. The van der Waals surface area contributed by atoms with Crippen LogP contribution < -0.4 is 4.74 Å². The lowest BCUT2D eigenvalue weighted by molar-refractivity contribution is -0.0278. The second-order valence-corrected chi connectivity index (χ2v) is 14.4. The van der Waals surface area contributed by atoms with Gasteiger partial charge in [0.05, 0.1) is 163 Å². The van der Waals surface area contributed by atoms with Gasteiger partial charge in [-0.15, -0.1) is 0 Å². The third kappa shape index (κ3) is 26.5. The first kappa shape index (κ1) is 53.3. The Labute approximate surface area is 370 Å². The topological polar surface area (TPSA) is 148 Å². The Kier molecular flexibility index (Phi) is 33.0. The van der Waals surface area contributed by atoms with E-state index >= 15 is 0 Å². The maximum Gasteiger partial charge on any atom is 0.261 e. The van der Waals surface area contributed by atoms with Crippen LogP contribution >= 0.6 is 0 Å². The van der Waals surface area contributed by atoms with Crippen LogP contribution in [0.1, 0.15) is 78.1 Å². The molecular formula is C47H75NO14. The molecule has 0 N–H and O–H groups in total. The molecule has 352 valence electrons. The maximum absolute atomic E-state index is 12.3. The minimum absolute atomic E-state index is 0.212. The summed E-state index contributed by atoms with van der Waals surface area (Å²) in [7, 11) is 0. The Morgan fingerprint density at radius 1 is 0.371 bits per heavy atom. The zero-order chi connectivity index (χ0) is 43.8. The summed E-state index contributed by atoms with van der Waals surface area (Å²) < 4.78 is 66.5. The number of fused-ring (bicyclic) bond motifs is 1. The normalized spacial score (nSPS) is 12.5. The molecule has 0 radical (unpaired) electrons. The number of benzene rings is 2. The lowest BCUT2D eigenvalue weighted by Gasteiger charge is -2.13. The van der Waals surface area contributed by atoms with Gasteiger partial charge in [0, 0.05) is 0 Å². The van der Waals surface area contributed by atoms with E-state index < -0.39 is 0 Å². The van der Waals surface area contributed by atoms with Gasteiger partial charge < -0.3 is 56.8 Å². The second kappa shape index (κ2) is 38.4. The number of amides is 2. The summed E-state index contributed by atoms with van der Waals surface area (Å²) in [5.74, 6) is 0.324. The molecule has 15 nitrogen and oxygen atoms in total. The summed E-state index contributed by atoms with van der Waals surface area (Å²) in [5.41, 5.74) is 2.26. The van der Waals surface area contributed by atoms with Crippen LogP contribution in [0.4, 0.5) is 0 Å². The number of carbonyl (C=O) groups is 2. The molecule has 0 spiro atoms. The smallest absolute Gasteiger partial charge is 0.261 e. The molecule has 0 saturated carbocycles. The third-order valence-electron chi connectivity index (χ3n) is 9.55. The Morgan fingerprint density at radius 2 is 0.694 bits per heavy atom. The van der Waals surface area contributed by atoms with Crippen molar-refractivity contribution in [3.63, 3.8) is 0 Å². The van der Waals surface area contributed by atoms with Crippen molar-refractivity contribution in [3.05, 3.63) is 65.2 Å². The molecule has 0 saturated heterocycles. The maximum atomic E-state index is 12.3. The molecule has 0 unspecified atom stereocenters. The van der Waals surface area contributed by atoms with Crippen molar-refractivity contribution in [1.29, 1.82) is 0 Å². The van der Waals surface area contributed by atoms with Crippen LogP contribution in [0.25, 0.3) is 0 Å². The average molecular weight is 878 g/mol. The summed E-state index contributed by atoms with van der Waals surface area (Å²) in [6.45, 7) is 13.3. The van der Waals surface area contributed by atoms with Crippen LogP contribution in [0, 0.1) is 0 Å². The molecule has 0 atom stereocenters. The van der Waals surface area contributed by atoms with Crippen LogP contribution in [0.15, 0.2) is 48.5 Å². The summed E-state index contributed by atoms with van der Waals surface area (Å²) in [5, 5.41) is 0. The van der Waals surface area contributed by atoms with Gasteiger partial charge in [-0.3, -0.25) is 14.5 Å². The van der Waals surface area contributed by atoms with Crippen molar-refractivity contribution in [2.45, 2.75) is 58.3 Å². The van der Waals surface area contributed by atoms with E-state index in [0.29, 0.717) is 156 Å². The predicted octanol–water partition coefficient (Wildman–Crippen LogP) is 5.84. The summed E-state index contributed by atoms with van der Waals surface area (Å²) in [4.78, 5) is 25.9. The SMILES string of the molecule is CCCCCCCCCc1ccc(OCCOCCOCCOCCOCCOCCOCCOCCOCCOCCOCCOCCN2C(=O)c3ccccc3C2=O)cc1. The van der Waals surface area contributed by atoms with E-state index in [1.165, 1.54) is 55.4 Å². The van der Waals surface area contributed by atoms with Gasteiger partial charge in [0.2, 0.25) is 0 Å². The first-order valence-electron chi connectivity index (χ1n) is 22.7. The summed E-state index contributed by atoms with van der Waals surface area (Å²) >= 11 is 0. The number of ether oxygens (including phenoxy) is 12. The molecular weight excluding hydrogens is 803 g/mol. The van der Waals surface area contributed by atoms with Crippen LogP contribution in [-0.4, -0.2) is 175 Å². The molecule has 3 rings (SSSR count). The zero-order valence-corrected chi connectivity index (χ0v) is 37.4. The largest absolute Gasteiger partial charge is 0.491 e. The molecule has 2 aromatic rings. The Morgan fingerprint density at radius 3 is 1.06 bits per heavy atom. The molecule has 1 heterocycles. The molecule has 0 aliphatic carbocycles. The van der Waals surface area contributed by atoms with E-state index in [2.05, 4.69) is 31.2 Å². The quantitative estimate of drug-likeness (QED) is 0.0580. The Balaban J connectivity index is 0.910. The molecule has 2 amide bonds. The van der Waals surface area contributed by atoms with Gasteiger partial charge in [-0.1, -0.05) is 69.7 Å². The number of unbranched alkanes of at least 4 members (excludes halogenated alkanes) is 6. The van der Waals surface area contributed by atoms with E-state index in [1.54, 1.807) is 24.3 Å². The fourth-order valence-electron chi connectivity index (χ4n) is 6.16.